The van der Waals surface area contributed by atoms with Crippen LogP contribution < -0.4 is 10.6 Å². The highest BCUT2D eigenvalue weighted by molar-refractivity contribution is 7.00. The molecule has 1 aromatic carbocycles. The molecule has 0 fully saturated rings. The molecule has 0 atom stereocenters. The molecule has 2 rings (SSSR count). The summed E-state index contributed by atoms with van der Waals surface area (Å²) in [5.74, 6) is 0. The first-order valence-corrected chi connectivity index (χ1v) is 5.20. The summed E-state index contributed by atoms with van der Waals surface area (Å²) >= 11 is 1.18. The minimum atomic E-state index is -0.199. The largest absolute Gasteiger partial charge is 0.341 e. The highest BCUT2D eigenvalue weighted by Crippen LogP contribution is 2.15. The van der Waals surface area contributed by atoms with Gasteiger partial charge in [-0.15, -0.1) is 0 Å². The minimum Gasteiger partial charge on any atom is -0.341 e. The van der Waals surface area contributed by atoms with Crippen LogP contribution in [0.25, 0.3) is 11.0 Å². The third-order valence-electron chi connectivity index (χ3n) is 2.04. The molecule has 0 radical (unpaired) electrons. The van der Waals surface area contributed by atoms with E-state index < -0.39 is 0 Å². The van der Waals surface area contributed by atoms with Gasteiger partial charge in [0, 0.05) is 19.2 Å². The Balaban J connectivity index is 2.20. The van der Waals surface area contributed by atoms with Crippen molar-refractivity contribution in [1.29, 1.82) is 0 Å². The molecule has 2 N–H and O–H groups in total. The molecule has 0 unspecified atom stereocenters. The number of benzene rings is 1. The van der Waals surface area contributed by atoms with Gasteiger partial charge in [-0.3, -0.25) is 0 Å². The summed E-state index contributed by atoms with van der Waals surface area (Å²) in [7, 11) is 1.58. The Morgan fingerprint density at radius 1 is 1.47 bits per heavy atom. The fourth-order valence-corrected chi connectivity index (χ4v) is 1.84. The fraction of sp³-hybridized carbons (Fsp3) is 0.222. The highest BCUT2D eigenvalue weighted by atomic mass is 32.1. The minimum absolute atomic E-state index is 0.199. The van der Waals surface area contributed by atoms with E-state index in [0.29, 0.717) is 6.54 Å². The summed E-state index contributed by atoms with van der Waals surface area (Å²) in [6, 6.07) is 5.54. The van der Waals surface area contributed by atoms with Gasteiger partial charge in [0.2, 0.25) is 0 Å². The summed E-state index contributed by atoms with van der Waals surface area (Å²) in [6.07, 6.45) is 0. The zero-order valence-electron chi connectivity index (χ0n) is 8.15. The van der Waals surface area contributed by atoms with E-state index in [2.05, 4.69) is 19.4 Å². The number of nitrogens with zero attached hydrogens (tertiary/aromatic N) is 2. The predicted molar refractivity (Wildman–Crippen MR) is 58.7 cm³/mol. The normalized spacial score (nSPS) is 10.2. The molecular formula is C9H10N4OS. The molecule has 5 nitrogen and oxygen atoms in total. The van der Waals surface area contributed by atoms with Gasteiger partial charge >= 0.3 is 6.03 Å². The van der Waals surface area contributed by atoms with E-state index in [-0.39, 0.29) is 6.03 Å². The number of carbonyl (C=O) groups is 1. The van der Waals surface area contributed by atoms with E-state index in [1.165, 1.54) is 11.7 Å². The molecule has 15 heavy (non-hydrogen) atoms. The van der Waals surface area contributed by atoms with Gasteiger partial charge in [0.1, 0.15) is 11.0 Å². The van der Waals surface area contributed by atoms with Crippen LogP contribution in [-0.2, 0) is 6.54 Å². The number of rotatable bonds is 2. The van der Waals surface area contributed by atoms with Gasteiger partial charge in [-0.1, -0.05) is 12.1 Å². The molecule has 6 heteroatoms. The van der Waals surface area contributed by atoms with E-state index in [0.717, 1.165) is 16.6 Å². The van der Waals surface area contributed by atoms with Gasteiger partial charge in [0.25, 0.3) is 0 Å². The first-order valence-electron chi connectivity index (χ1n) is 4.47. The summed E-state index contributed by atoms with van der Waals surface area (Å²) in [5, 5.41) is 5.21. The lowest BCUT2D eigenvalue weighted by molar-refractivity contribution is 0.242. The van der Waals surface area contributed by atoms with Crippen LogP contribution in [0.2, 0.25) is 0 Å². The molecule has 2 amide bonds. The quantitative estimate of drug-likeness (QED) is 0.800. The zero-order valence-corrected chi connectivity index (χ0v) is 8.97. The van der Waals surface area contributed by atoms with E-state index in [1.807, 2.05) is 18.2 Å². The highest BCUT2D eigenvalue weighted by Gasteiger charge is 2.05. The fourth-order valence-electron chi connectivity index (χ4n) is 1.27. The third-order valence-corrected chi connectivity index (χ3v) is 2.58. The Morgan fingerprint density at radius 2 is 2.33 bits per heavy atom. The predicted octanol–water partition coefficient (Wildman–Crippen LogP) is 1.12. The van der Waals surface area contributed by atoms with Crippen molar-refractivity contribution in [3.63, 3.8) is 0 Å². The van der Waals surface area contributed by atoms with Gasteiger partial charge in [-0.25, -0.2) is 4.79 Å². The molecule has 0 spiro atoms. The maximum atomic E-state index is 11.0. The first kappa shape index (κ1) is 9.85. The first-order chi connectivity index (χ1) is 7.31. The van der Waals surface area contributed by atoms with Crippen LogP contribution in [0.3, 0.4) is 0 Å². The van der Waals surface area contributed by atoms with Gasteiger partial charge < -0.3 is 10.6 Å². The van der Waals surface area contributed by atoms with Crippen LogP contribution in [0.5, 0.6) is 0 Å². The van der Waals surface area contributed by atoms with E-state index in [1.54, 1.807) is 7.05 Å². The molecule has 0 saturated heterocycles. The second-order valence-electron chi connectivity index (χ2n) is 2.98. The Hall–Kier alpha value is -1.69. The van der Waals surface area contributed by atoms with Gasteiger partial charge in [-0.2, -0.15) is 8.75 Å². The smallest absolute Gasteiger partial charge is 0.314 e. The molecule has 1 aromatic heterocycles. The molecule has 0 aliphatic heterocycles. The monoisotopic (exact) mass is 222 g/mol. The number of aromatic nitrogens is 2. The van der Waals surface area contributed by atoms with Gasteiger partial charge in [0.15, 0.2) is 0 Å². The van der Waals surface area contributed by atoms with Crippen molar-refractivity contribution >= 4 is 28.8 Å². The Bertz CT molecular complexity index is 482. The van der Waals surface area contributed by atoms with Crippen LogP contribution in [0.15, 0.2) is 18.2 Å². The van der Waals surface area contributed by atoms with E-state index >= 15 is 0 Å². The summed E-state index contributed by atoms with van der Waals surface area (Å²) in [4.78, 5) is 11.0. The molecule has 78 valence electrons. The van der Waals surface area contributed by atoms with Crippen molar-refractivity contribution in [2.24, 2.45) is 0 Å². The van der Waals surface area contributed by atoms with Crippen LogP contribution in [0.1, 0.15) is 5.56 Å². The second kappa shape index (κ2) is 4.22. The number of nitrogens with one attached hydrogen (secondary N) is 2. The van der Waals surface area contributed by atoms with Crippen LogP contribution >= 0.6 is 11.7 Å². The van der Waals surface area contributed by atoms with Gasteiger partial charge in [-0.05, 0) is 6.07 Å². The maximum absolute atomic E-state index is 11.0. The lowest BCUT2D eigenvalue weighted by Gasteiger charge is -2.04. The summed E-state index contributed by atoms with van der Waals surface area (Å²) < 4.78 is 8.31. The van der Waals surface area contributed by atoms with Crippen molar-refractivity contribution in [3.05, 3.63) is 23.8 Å². The number of fused-ring (bicyclic) bond motifs is 1. The van der Waals surface area contributed by atoms with Crippen molar-refractivity contribution in [3.8, 4) is 0 Å². The molecule has 0 saturated carbocycles. The second-order valence-corrected chi connectivity index (χ2v) is 3.51. The lowest BCUT2D eigenvalue weighted by atomic mass is 10.2. The van der Waals surface area contributed by atoms with Crippen LogP contribution in [0.4, 0.5) is 4.79 Å². The molecule has 0 aliphatic carbocycles. The van der Waals surface area contributed by atoms with Crippen LogP contribution in [-0.4, -0.2) is 21.8 Å². The molecule has 0 aliphatic rings. The van der Waals surface area contributed by atoms with Gasteiger partial charge in [0.05, 0.1) is 11.7 Å². The Labute approximate surface area is 90.8 Å². The number of hydrogen-bond acceptors (Lipinski definition) is 4. The number of amides is 2. The average Bonchev–Trinajstić information content (AvgIpc) is 2.74. The van der Waals surface area contributed by atoms with Crippen molar-refractivity contribution in [2.45, 2.75) is 6.54 Å². The standard InChI is InChI=1S/C9H10N4OS/c1-10-9(14)11-5-6-3-2-4-7-8(6)13-15-12-7/h2-4H,5H2,1H3,(H2,10,11,14). The summed E-state index contributed by atoms with van der Waals surface area (Å²) in [5.41, 5.74) is 2.71. The average molecular weight is 222 g/mol. The van der Waals surface area contributed by atoms with E-state index in [4.69, 9.17) is 0 Å². The number of carbonyl (C=O) groups excluding carboxylic acids is 1. The molecule has 2 aromatic rings. The number of hydrogen-bond donors (Lipinski definition) is 2. The topological polar surface area (TPSA) is 66.9 Å². The zero-order chi connectivity index (χ0) is 10.7. The van der Waals surface area contributed by atoms with E-state index in [9.17, 15) is 4.79 Å². The molecule has 0 bridgehead atoms. The maximum Gasteiger partial charge on any atom is 0.314 e. The number of urea groups is 1. The molecular weight excluding hydrogens is 212 g/mol. The van der Waals surface area contributed by atoms with Crippen molar-refractivity contribution < 1.29 is 4.79 Å². The summed E-state index contributed by atoms with van der Waals surface area (Å²) in [6.45, 7) is 0.461. The lowest BCUT2D eigenvalue weighted by Crippen LogP contribution is -2.32. The van der Waals surface area contributed by atoms with Crippen molar-refractivity contribution in [1.82, 2.24) is 19.4 Å². The Kier molecular flexibility index (Phi) is 2.77. The van der Waals surface area contributed by atoms with Crippen LogP contribution in [0, 0.1) is 0 Å². The van der Waals surface area contributed by atoms with Crippen molar-refractivity contribution in [2.75, 3.05) is 7.05 Å². The SMILES string of the molecule is CNC(=O)NCc1cccc2nsnc12. The molecule has 1 heterocycles. The Morgan fingerprint density at radius 3 is 3.13 bits per heavy atom. The third kappa shape index (κ3) is 2.04.